The molecule has 5 heteroatoms. The maximum absolute atomic E-state index is 10.2. The fourth-order valence-electron chi connectivity index (χ4n) is 5.84. The van der Waals surface area contributed by atoms with Gasteiger partial charge in [0.05, 0.1) is 6.21 Å². The topological polar surface area (TPSA) is 63.3 Å². The largest absolute Gasteiger partial charge is 0.507 e. The number of benzene rings is 1. The Morgan fingerprint density at radius 1 is 1.04 bits per heavy atom. The van der Waals surface area contributed by atoms with E-state index in [1.807, 2.05) is 6.07 Å². The van der Waals surface area contributed by atoms with Gasteiger partial charge >= 0.3 is 0 Å². The van der Waals surface area contributed by atoms with Gasteiger partial charge in [-0.3, -0.25) is 0 Å². The van der Waals surface area contributed by atoms with Gasteiger partial charge < -0.3 is 5.11 Å². The average Bonchev–Trinajstić information content (AvgIpc) is 3.06. The van der Waals surface area contributed by atoms with E-state index < -0.39 is 0 Å². The van der Waals surface area contributed by atoms with Crippen LogP contribution in [0, 0.1) is 17.8 Å². The zero-order chi connectivity index (χ0) is 16.1. The fourth-order valence-corrected chi connectivity index (χ4v) is 5.84. The summed E-state index contributed by atoms with van der Waals surface area (Å²) in [6.07, 6.45) is 13.1. The summed E-state index contributed by atoms with van der Waals surface area (Å²) in [6.45, 7) is 0. The molecule has 0 radical (unpaired) electrons. The highest BCUT2D eigenvalue weighted by molar-refractivity contribution is 5.83. The number of rotatable bonds is 3. The SMILES string of the molecule is Oc1ccc(C23CC4CC(CC(C4)C2)C3)cc1/C=N\n1cnnc1. The van der Waals surface area contributed by atoms with Crippen LogP contribution in [0.3, 0.4) is 0 Å². The van der Waals surface area contributed by atoms with Crippen molar-refractivity contribution in [2.45, 2.75) is 43.9 Å². The van der Waals surface area contributed by atoms with Crippen LogP contribution in [-0.4, -0.2) is 26.2 Å². The Hall–Kier alpha value is -2.17. The van der Waals surface area contributed by atoms with Crippen molar-refractivity contribution in [1.82, 2.24) is 14.9 Å². The quantitative estimate of drug-likeness (QED) is 0.882. The maximum atomic E-state index is 10.2. The van der Waals surface area contributed by atoms with Gasteiger partial charge in [0.2, 0.25) is 0 Å². The molecule has 4 saturated carbocycles. The zero-order valence-electron chi connectivity index (χ0n) is 13.7. The van der Waals surface area contributed by atoms with Gasteiger partial charge in [-0.25, -0.2) is 4.68 Å². The molecule has 1 aromatic carbocycles. The van der Waals surface area contributed by atoms with Gasteiger partial charge in [0.15, 0.2) is 0 Å². The summed E-state index contributed by atoms with van der Waals surface area (Å²) < 4.78 is 1.54. The van der Waals surface area contributed by atoms with Crippen molar-refractivity contribution >= 4 is 6.21 Å². The van der Waals surface area contributed by atoms with Crippen LogP contribution in [0.25, 0.3) is 0 Å². The summed E-state index contributed by atoms with van der Waals surface area (Å²) in [5.41, 5.74) is 2.50. The second-order valence-corrected chi connectivity index (χ2v) is 8.06. The van der Waals surface area contributed by atoms with Gasteiger partial charge in [0, 0.05) is 5.56 Å². The van der Waals surface area contributed by atoms with Crippen molar-refractivity contribution in [2.24, 2.45) is 22.9 Å². The van der Waals surface area contributed by atoms with Crippen LogP contribution >= 0.6 is 0 Å². The minimum atomic E-state index is 0.278. The predicted molar refractivity (Wildman–Crippen MR) is 91.0 cm³/mol. The summed E-state index contributed by atoms with van der Waals surface area (Å²) in [7, 11) is 0. The number of nitrogens with zero attached hydrogens (tertiary/aromatic N) is 4. The molecule has 0 saturated heterocycles. The second kappa shape index (κ2) is 5.16. The molecule has 1 aromatic heterocycles. The van der Waals surface area contributed by atoms with E-state index in [0.717, 1.165) is 23.3 Å². The number of aromatic nitrogens is 3. The monoisotopic (exact) mass is 322 g/mol. The van der Waals surface area contributed by atoms with Crippen molar-refractivity contribution in [3.8, 4) is 5.75 Å². The van der Waals surface area contributed by atoms with Crippen LogP contribution < -0.4 is 0 Å². The molecule has 24 heavy (non-hydrogen) atoms. The molecule has 0 atom stereocenters. The smallest absolute Gasteiger partial charge is 0.141 e. The van der Waals surface area contributed by atoms with Gasteiger partial charge in [-0.2, -0.15) is 5.10 Å². The van der Waals surface area contributed by atoms with Crippen molar-refractivity contribution in [3.05, 3.63) is 42.0 Å². The maximum Gasteiger partial charge on any atom is 0.141 e. The summed E-state index contributed by atoms with van der Waals surface area (Å²) in [6, 6.07) is 6.12. The van der Waals surface area contributed by atoms with E-state index in [4.69, 9.17) is 0 Å². The zero-order valence-corrected chi connectivity index (χ0v) is 13.7. The molecule has 0 aliphatic heterocycles. The van der Waals surface area contributed by atoms with Gasteiger partial charge in [-0.1, -0.05) is 6.07 Å². The highest BCUT2D eigenvalue weighted by Crippen LogP contribution is 2.60. The van der Waals surface area contributed by atoms with Crippen LogP contribution in [0.15, 0.2) is 36.0 Å². The van der Waals surface area contributed by atoms with E-state index in [1.165, 1.54) is 61.4 Å². The fraction of sp³-hybridized carbons (Fsp3) is 0.526. The van der Waals surface area contributed by atoms with Crippen LogP contribution in [0.2, 0.25) is 0 Å². The Morgan fingerprint density at radius 3 is 2.29 bits per heavy atom. The molecule has 1 heterocycles. The lowest BCUT2D eigenvalue weighted by Crippen LogP contribution is -2.48. The Balaban J connectivity index is 1.50. The first-order valence-corrected chi connectivity index (χ1v) is 8.93. The normalized spacial score (nSPS) is 34.2. The molecule has 0 unspecified atom stereocenters. The van der Waals surface area contributed by atoms with Gasteiger partial charge in [0.1, 0.15) is 18.4 Å². The lowest BCUT2D eigenvalue weighted by Gasteiger charge is -2.57. The summed E-state index contributed by atoms with van der Waals surface area (Å²) in [5.74, 6) is 3.03. The van der Waals surface area contributed by atoms with E-state index >= 15 is 0 Å². The minimum Gasteiger partial charge on any atom is -0.507 e. The summed E-state index contributed by atoms with van der Waals surface area (Å²) in [5, 5.41) is 22.0. The number of aromatic hydroxyl groups is 1. The molecule has 1 N–H and O–H groups in total. The Morgan fingerprint density at radius 2 is 1.67 bits per heavy atom. The Bertz CT molecular complexity index is 745. The third kappa shape index (κ3) is 2.26. The molecule has 5 nitrogen and oxygen atoms in total. The second-order valence-electron chi connectivity index (χ2n) is 8.06. The molecule has 4 bridgehead atoms. The molecule has 4 aliphatic carbocycles. The van der Waals surface area contributed by atoms with E-state index in [-0.39, 0.29) is 5.75 Å². The first kappa shape index (κ1) is 14.2. The number of hydrogen-bond donors (Lipinski definition) is 1. The standard InChI is InChI=1S/C19H22N4O/c24-18-2-1-17(6-16(18)10-22-23-11-20-21-12-23)19-7-13-3-14(8-19)5-15(4-13)9-19/h1-2,6,10-15,24H,3-5,7-9H2/b22-10-. The highest BCUT2D eigenvalue weighted by Gasteiger charge is 2.51. The molecule has 4 fully saturated rings. The van der Waals surface area contributed by atoms with Crippen molar-refractivity contribution < 1.29 is 5.11 Å². The number of phenolic OH excluding ortho intramolecular Hbond substituents is 1. The van der Waals surface area contributed by atoms with E-state index in [2.05, 4.69) is 27.4 Å². The van der Waals surface area contributed by atoms with Gasteiger partial charge in [-0.15, -0.1) is 10.2 Å². The molecule has 0 spiro atoms. The van der Waals surface area contributed by atoms with Gasteiger partial charge in [-0.05, 0) is 79.4 Å². The van der Waals surface area contributed by atoms with Crippen LogP contribution in [-0.2, 0) is 5.41 Å². The van der Waals surface area contributed by atoms with E-state index in [1.54, 1.807) is 6.21 Å². The molecular formula is C19H22N4O. The molecule has 4 aliphatic rings. The molecule has 6 rings (SSSR count). The third-order valence-electron chi connectivity index (χ3n) is 6.41. The highest BCUT2D eigenvalue weighted by atomic mass is 16.3. The Kier molecular flexibility index (Phi) is 3.05. The van der Waals surface area contributed by atoms with Crippen molar-refractivity contribution in [2.75, 3.05) is 0 Å². The molecular weight excluding hydrogens is 300 g/mol. The average molecular weight is 322 g/mol. The van der Waals surface area contributed by atoms with Crippen molar-refractivity contribution in [3.63, 3.8) is 0 Å². The lowest BCUT2D eigenvalue weighted by molar-refractivity contribution is -0.00520. The van der Waals surface area contributed by atoms with Gasteiger partial charge in [0.25, 0.3) is 0 Å². The minimum absolute atomic E-state index is 0.278. The van der Waals surface area contributed by atoms with E-state index in [0.29, 0.717) is 5.41 Å². The summed E-state index contributed by atoms with van der Waals surface area (Å²) >= 11 is 0. The van der Waals surface area contributed by atoms with Crippen LogP contribution in [0.4, 0.5) is 0 Å². The summed E-state index contributed by atoms with van der Waals surface area (Å²) in [4.78, 5) is 0. The Labute approximate surface area is 141 Å². The molecule has 2 aromatic rings. The molecule has 0 amide bonds. The van der Waals surface area contributed by atoms with E-state index in [9.17, 15) is 5.11 Å². The van der Waals surface area contributed by atoms with Crippen LogP contribution in [0.1, 0.15) is 49.7 Å². The predicted octanol–water partition coefficient (Wildman–Crippen LogP) is 3.33. The number of phenols is 1. The van der Waals surface area contributed by atoms with Crippen molar-refractivity contribution in [1.29, 1.82) is 0 Å². The first-order valence-electron chi connectivity index (χ1n) is 8.93. The lowest BCUT2D eigenvalue weighted by atomic mass is 9.48. The van der Waals surface area contributed by atoms with Crippen LogP contribution in [0.5, 0.6) is 5.75 Å². The number of hydrogen-bond acceptors (Lipinski definition) is 4. The third-order valence-corrected chi connectivity index (χ3v) is 6.41. The molecule has 124 valence electrons. The first-order chi connectivity index (χ1) is 11.7.